The van der Waals surface area contributed by atoms with E-state index in [1.165, 1.54) is 7.11 Å². The molecule has 0 aliphatic heterocycles. The molecule has 1 aromatic carbocycles. The molecule has 2 nitrogen and oxygen atoms in total. The fraction of sp³-hybridized carbons (Fsp3) is 0.455. The first-order valence-corrected chi connectivity index (χ1v) is 6.74. The first-order valence-electron chi connectivity index (χ1n) is 4.93. The molecule has 3 heteroatoms. The van der Waals surface area contributed by atoms with Crippen molar-refractivity contribution in [3.05, 3.63) is 30.3 Å². The van der Waals surface area contributed by atoms with Gasteiger partial charge in [0.2, 0.25) is 7.37 Å². The second-order valence-corrected chi connectivity index (χ2v) is 5.94. The topological polar surface area (TPSA) is 26.3 Å². The van der Waals surface area contributed by atoms with E-state index < -0.39 is 7.37 Å². The van der Waals surface area contributed by atoms with E-state index in [1.54, 1.807) is 0 Å². The highest BCUT2D eigenvalue weighted by Gasteiger charge is 2.22. The molecule has 1 aromatic rings. The summed E-state index contributed by atoms with van der Waals surface area (Å²) in [7, 11) is -1.04. The molecule has 14 heavy (non-hydrogen) atoms. The van der Waals surface area contributed by atoms with Crippen LogP contribution in [-0.2, 0) is 9.09 Å². The molecule has 78 valence electrons. The predicted molar refractivity (Wildman–Crippen MR) is 60.5 cm³/mol. The van der Waals surface area contributed by atoms with Gasteiger partial charge in [0.15, 0.2) is 0 Å². The Kier molecular flexibility index (Phi) is 4.37. The summed E-state index contributed by atoms with van der Waals surface area (Å²) in [5, 5.41) is 0.830. The van der Waals surface area contributed by atoms with E-state index in [0.717, 1.165) is 18.1 Å². The van der Waals surface area contributed by atoms with Gasteiger partial charge in [-0.3, -0.25) is 4.57 Å². The highest BCUT2D eigenvalue weighted by Crippen LogP contribution is 2.45. The van der Waals surface area contributed by atoms with Gasteiger partial charge in [0, 0.05) is 18.6 Å². The van der Waals surface area contributed by atoms with Gasteiger partial charge in [-0.2, -0.15) is 0 Å². The van der Waals surface area contributed by atoms with Crippen LogP contribution in [0.5, 0.6) is 0 Å². The summed E-state index contributed by atoms with van der Waals surface area (Å²) in [6.07, 6.45) is 2.63. The first-order chi connectivity index (χ1) is 6.73. The van der Waals surface area contributed by atoms with Crippen LogP contribution < -0.4 is 5.30 Å². The van der Waals surface area contributed by atoms with Crippen molar-refractivity contribution in [2.24, 2.45) is 0 Å². The van der Waals surface area contributed by atoms with Crippen molar-refractivity contribution >= 4 is 12.7 Å². The van der Waals surface area contributed by atoms with E-state index in [9.17, 15) is 4.57 Å². The van der Waals surface area contributed by atoms with Crippen LogP contribution in [0.3, 0.4) is 0 Å². The Labute approximate surface area is 85.7 Å². The van der Waals surface area contributed by atoms with E-state index in [4.69, 9.17) is 4.52 Å². The third-order valence-corrected chi connectivity index (χ3v) is 4.83. The summed E-state index contributed by atoms with van der Waals surface area (Å²) >= 11 is 0. The first kappa shape index (κ1) is 11.5. The molecule has 0 N–H and O–H groups in total. The summed E-state index contributed by atoms with van der Waals surface area (Å²) in [5.41, 5.74) is 0. The average molecular weight is 212 g/mol. The molecule has 0 aromatic heterocycles. The minimum absolute atomic E-state index is 0.643. The van der Waals surface area contributed by atoms with Gasteiger partial charge < -0.3 is 4.52 Å². The van der Waals surface area contributed by atoms with Crippen molar-refractivity contribution in [2.75, 3.05) is 13.3 Å². The minimum atomic E-state index is -2.57. The van der Waals surface area contributed by atoms with E-state index >= 15 is 0 Å². The van der Waals surface area contributed by atoms with Crippen LogP contribution in [0.25, 0.3) is 0 Å². The zero-order valence-electron chi connectivity index (χ0n) is 8.77. The molecule has 1 rings (SSSR count). The number of hydrogen-bond acceptors (Lipinski definition) is 2. The molecule has 0 saturated heterocycles. The number of hydrogen-bond donors (Lipinski definition) is 0. The fourth-order valence-corrected chi connectivity index (χ4v) is 3.36. The van der Waals surface area contributed by atoms with Crippen LogP contribution in [0.4, 0.5) is 0 Å². The van der Waals surface area contributed by atoms with Gasteiger partial charge in [-0.15, -0.1) is 0 Å². The van der Waals surface area contributed by atoms with Crippen LogP contribution in [0.1, 0.15) is 19.8 Å². The normalized spacial score (nSPS) is 15.0. The largest absolute Gasteiger partial charge is 0.329 e. The molecule has 0 heterocycles. The van der Waals surface area contributed by atoms with E-state index in [1.807, 2.05) is 30.3 Å². The Bertz CT molecular complexity index is 308. The second-order valence-electron chi connectivity index (χ2n) is 3.27. The predicted octanol–water partition coefficient (Wildman–Crippen LogP) is 3.04. The molecule has 0 fully saturated rings. The van der Waals surface area contributed by atoms with Gasteiger partial charge in [-0.25, -0.2) is 0 Å². The average Bonchev–Trinajstić information content (AvgIpc) is 2.27. The van der Waals surface area contributed by atoms with Gasteiger partial charge in [0.25, 0.3) is 0 Å². The highest BCUT2D eigenvalue weighted by molar-refractivity contribution is 7.66. The maximum atomic E-state index is 12.3. The molecule has 0 saturated carbocycles. The van der Waals surface area contributed by atoms with Crippen molar-refractivity contribution in [2.45, 2.75) is 19.8 Å². The molecule has 1 atom stereocenters. The third kappa shape index (κ3) is 2.70. The molecular formula is C11H17O2P. The lowest BCUT2D eigenvalue weighted by Gasteiger charge is -2.15. The number of unbranched alkanes of at least 4 members (excludes halogenated alkanes) is 1. The zero-order valence-corrected chi connectivity index (χ0v) is 9.67. The molecule has 0 bridgehead atoms. The lowest BCUT2D eigenvalue weighted by atomic mass is 10.4. The SMILES string of the molecule is CCCCP(=O)(OC)c1ccccc1. The van der Waals surface area contributed by atoms with Crippen LogP contribution in [-0.4, -0.2) is 13.3 Å². The smallest absolute Gasteiger partial charge is 0.231 e. The fourth-order valence-electron chi connectivity index (χ4n) is 1.35. The van der Waals surface area contributed by atoms with Crippen molar-refractivity contribution < 1.29 is 9.09 Å². The lowest BCUT2D eigenvalue weighted by molar-refractivity contribution is 0.401. The molecule has 0 radical (unpaired) electrons. The van der Waals surface area contributed by atoms with E-state index in [-0.39, 0.29) is 0 Å². The lowest BCUT2D eigenvalue weighted by Crippen LogP contribution is -2.08. The van der Waals surface area contributed by atoms with Gasteiger partial charge >= 0.3 is 0 Å². The minimum Gasteiger partial charge on any atom is -0.329 e. The van der Waals surface area contributed by atoms with E-state index in [0.29, 0.717) is 6.16 Å². The highest BCUT2D eigenvalue weighted by atomic mass is 31.2. The Morgan fingerprint density at radius 2 is 1.93 bits per heavy atom. The van der Waals surface area contributed by atoms with Crippen LogP contribution >= 0.6 is 7.37 Å². The standard InChI is InChI=1S/C11H17O2P/c1-3-4-10-14(12,13-2)11-8-6-5-7-9-11/h5-9H,3-4,10H2,1-2H3. The second kappa shape index (κ2) is 5.33. The Balaban J connectivity index is 2.85. The maximum absolute atomic E-state index is 12.3. The Morgan fingerprint density at radius 3 is 2.43 bits per heavy atom. The summed E-state index contributed by atoms with van der Waals surface area (Å²) in [6.45, 7) is 2.09. The van der Waals surface area contributed by atoms with E-state index in [2.05, 4.69) is 6.92 Å². The zero-order chi connectivity index (χ0) is 10.4. The Morgan fingerprint density at radius 1 is 1.29 bits per heavy atom. The summed E-state index contributed by atoms with van der Waals surface area (Å²) in [6, 6.07) is 9.46. The van der Waals surface area contributed by atoms with Crippen LogP contribution in [0.2, 0.25) is 0 Å². The van der Waals surface area contributed by atoms with Gasteiger partial charge in [-0.05, 0) is 18.6 Å². The third-order valence-electron chi connectivity index (χ3n) is 2.25. The van der Waals surface area contributed by atoms with Gasteiger partial charge in [0.1, 0.15) is 0 Å². The quantitative estimate of drug-likeness (QED) is 0.701. The number of benzene rings is 1. The van der Waals surface area contributed by atoms with Crippen LogP contribution in [0.15, 0.2) is 30.3 Å². The molecule has 0 amide bonds. The Hall–Kier alpha value is -0.590. The molecular weight excluding hydrogens is 195 g/mol. The van der Waals surface area contributed by atoms with Gasteiger partial charge in [-0.1, -0.05) is 31.5 Å². The summed E-state index contributed by atoms with van der Waals surface area (Å²) < 4.78 is 17.5. The molecule has 0 aliphatic carbocycles. The summed E-state index contributed by atoms with van der Waals surface area (Å²) in [5.74, 6) is 0. The van der Waals surface area contributed by atoms with Crippen molar-refractivity contribution in [3.8, 4) is 0 Å². The van der Waals surface area contributed by atoms with Crippen molar-refractivity contribution in [3.63, 3.8) is 0 Å². The van der Waals surface area contributed by atoms with Gasteiger partial charge in [0.05, 0.1) is 0 Å². The monoisotopic (exact) mass is 212 g/mol. The summed E-state index contributed by atoms with van der Waals surface area (Å²) in [4.78, 5) is 0. The maximum Gasteiger partial charge on any atom is 0.231 e. The molecule has 0 spiro atoms. The van der Waals surface area contributed by atoms with Crippen LogP contribution in [0, 0.1) is 0 Å². The molecule has 1 unspecified atom stereocenters. The van der Waals surface area contributed by atoms with Crippen molar-refractivity contribution in [1.29, 1.82) is 0 Å². The number of rotatable bonds is 5. The van der Waals surface area contributed by atoms with Crippen molar-refractivity contribution in [1.82, 2.24) is 0 Å². The molecule has 0 aliphatic rings.